The van der Waals surface area contributed by atoms with Crippen molar-refractivity contribution >= 4 is 54.9 Å². The first kappa shape index (κ1) is 20.3. The summed E-state index contributed by atoms with van der Waals surface area (Å²) in [4.78, 5) is 7.68. The van der Waals surface area contributed by atoms with E-state index < -0.39 is 0 Å². The fourth-order valence-electron chi connectivity index (χ4n) is 2.74. The topological polar surface area (TPSA) is 126 Å². The van der Waals surface area contributed by atoms with E-state index in [1.165, 1.54) is 20.2 Å². The normalized spacial score (nSPS) is 13.9. The highest BCUT2D eigenvalue weighted by atomic mass is 32.1. The molecule has 9 heteroatoms. The Bertz CT molecular complexity index is 1080. The number of guanidine groups is 2. The van der Waals surface area contributed by atoms with Crippen molar-refractivity contribution < 1.29 is 0 Å². The second-order valence-electron chi connectivity index (χ2n) is 6.36. The average Bonchev–Trinajstić information content (AvgIpc) is 3.12. The van der Waals surface area contributed by atoms with Gasteiger partial charge in [0, 0.05) is 34.3 Å². The van der Waals surface area contributed by atoms with Crippen molar-refractivity contribution in [3.63, 3.8) is 0 Å². The number of nitrogens with two attached hydrogens (primary N) is 2. The number of aliphatic imine (C=N–C) groups is 2. The molecular formula is C20H24N8S. The van der Waals surface area contributed by atoms with Crippen LogP contribution in [0.1, 0.15) is 25.0 Å². The van der Waals surface area contributed by atoms with Crippen LogP contribution in [0.25, 0.3) is 20.2 Å². The third-order valence-electron chi connectivity index (χ3n) is 4.46. The van der Waals surface area contributed by atoms with E-state index in [1.54, 1.807) is 25.4 Å². The van der Waals surface area contributed by atoms with Crippen molar-refractivity contribution in [2.24, 2.45) is 31.7 Å². The molecule has 0 unspecified atom stereocenters. The van der Waals surface area contributed by atoms with Crippen LogP contribution < -0.4 is 22.3 Å². The molecule has 6 N–H and O–H groups in total. The van der Waals surface area contributed by atoms with Crippen molar-refractivity contribution in [1.82, 2.24) is 10.9 Å². The quantitative estimate of drug-likeness (QED) is 0.301. The van der Waals surface area contributed by atoms with E-state index in [-0.39, 0.29) is 11.9 Å². The molecule has 0 fully saturated rings. The highest BCUT2D eigenvalue weighted by Crippen LogP contribution is 2.35. The van der Waals surface area contributed by atoms with Crippen LogP contribution in [-0.2, 0) is 0 Å². The highest BCUT2D eigenvalue weighted by molar-refractivity contribution is 7.25. The molecule has 29 heavy (non-hydrogen) atoms. The van der Waals surface area contributed by atoms with Crippen molar-refractivity contribution in [3.8, 4) is 0 Å². The Balaban J connectivity index is 2.02. The van der Waals surface area contributed by atoms with Gasteiger partial charge in [-0.2, -0.15) is 10.2 Å². The van der Waals surface area contributed by atoms with Crippen LogP contribution >= 0.6 is 11.3 Å². The van der Waals surface area contributed by atoms with Gasteiger partial charge in [-0.1, -0.05) is 12.1 Å². The van der Waals surface area contributed by atoms with Crippen LogP contribution in [0.5, 0.6) is 0 Å². The van der Waals surface area contributed by atoms with Gasteiger partial charge in [0.1, 0.15) is 0 Å². The van der Waals surface area contributed by atoms with E-state index in [2.05, 4.69) is 67.4 Å². The summed E-state index contributed by atoms with van der Waals surface area (Å²) in [6.07, 6.45) is 0. The van der Waals surface area contributed by atoms with Gasteiger partial charge in [0.15, 0.2) is 0 Å². The summed E-state index contributed by atoms with van der Waals surface area (Å²) >= 11 is 1.76. The summed E-state index contributed by atoms with van der Waals surface area (Å²) in [6, 6.07) is 12.6. The number of hydrazone groups is 2. The Kier molecular flexibility index (Phi) is 6.08. The highest BCUT2D eigenvalue weighted by Gasteiger charge is 2.09. The van der Waals surface area contributed by atoms with E-state index >= 15 is 0 Å². The lowest BCUT2D eigenvalue weighted by atomic mass is 10.0. The number of nitrogens with one attached hydrogen (secondary N) is 2. The standard InChI is InChI=1S/C20H24N8S/c1-11(25-27-19(21)23-3)13-5-7-17-15(9-13)16-10-14(6-8-18(16)29-17)12(2)26-28-20(22)24-4/h5-10H,1-4H3,(H3,21,23,27)(H3,22,24,28)/b25-11-,26-12+. The summed E-state index contributed by atoms with van der Waals surface area (Å²) in [7, 11) is 3.22. The Morgan fingerprint density at radius 3 is 1.55 bits per heavy atom. The van der Waals surface area contributed by atoms with Crippen LogP contribution in [0.15, 0.2) is 56.6 Å². The minimum Gasteiger partial charge on any atom is -0.369 e. The molecule has 2 aromatic carbocycles. The van der Waals surface area contributed by atoms with Gasteiger partial charge in [0.2, 0.25) is 11.9 Å². The van der Waals surface area contributed by atoms with Crippen LogP contribution in [0.4, 0.5) is 0 Å². The van der Waals surface area contributed by atoms with E-state index in [1.807, 2.05) is 13.8 Å². The van der Waals surface area contributed by atoms with Gasteiger partial charge >= 0.3 is 0 Å². The summed E-state index contributed by atoms with van der Waals surface area (Å²) in [5.41, 5.74) is 20.4. The molecule has 0 atom stereocenters. The first-order chi connectivity index (χ1) is 13.9. The predicted octanol–water partition coefficient (Wildman–Crippen LogP) is 2.57. The molecule has 0 radical (unpaired) electrons. The van der Waals surface area contributed by atoms with E-state index in [0.717, 1.165) is 22.6 Å². The monoisotopic (exact) mass is 408 g/mol. The molecule has 0 aliphatic rings. The lowest BCUT2D eigenvalue weighted by Gasteiger charge is -2.04. The van der Waals surface area contributed by atoms with Crippen molar-refractivity contribution in [2.45, 2.75) is 13.8 Å². The number of nitrogens with zero attached hydrogens (tertiary/aromatic N) is 4. The molecule has 0 saturated carbocycles. The fourth-order valence-corrected chi connectivity index (χ4v) is 3.81. The number of thiophene rings is 1. The van der Waals surface area contributed by atoms with Crippen LogP contribution in [0.2, 0.25) is 0 Å². The smallest absolute Gasteiger partial charge is 0.209 e. The lowest BCUT2D eigenvalue weighted by molar-refractivity contribution is 0.997. The molecule has 8 nitrogen and oxygen atoms in total. The molecule has 3 rings (SSSR count). The zero-order chi connectivity index (χ0) is 21.0. The summed E-state index contributed by atoms with van der Waals surface area (Å²) in [6.45, 7) is 3.86. The molecule has 0 amide bonds. The van der Waals surface area contributed by atoms with Gasteiger partial charge in [-0.05, 0) is 49.2 Å². The zero-order valence-corrected chi connectivity index (χ0v) is 17.6. The number of hydrogen-bond donors (Lipinski definition) is 4. The molecule has 0 aliphatic carbocycles. The molecule has 1 heterocycles. The number of fused-ring (bicyclic) bond motifs is 3. The number of rotatable bonds is 4. The van der Waals surface area contributed by atoms with Gasteiger partial charge < -0.3 is 11.5 Å². The average molecular weight is 409 g/mol. The molecule has 0 bridgehead atoms. The van der Waals surface area contributed by atoms with E-state index in [4.69, 9.17) is 11.5 Å². The summed E-state index contributed by atoms with van der Waals surface area (Å²) in [5.74, 6) is 0.543. The van der Waals surface area contributed by atoms with E-state index in [9.17, 15) is 0 Å². The minimum atomic E-state index is 0.271. The van der Waals surface area contributed by atoms with Crippen molar-refractivity contribution in [2.75, 3.05) is 14.1 Å². The first-order valence-corrected chi connectivity index (χ1v) is 9.76. The lowest BCUT2D eigenvalue weighted by Crippen LogP contribution is -2.27. The van der Waals surface area contributed by atoms with Gasteiger partial charge in [0.25, 0.3) is 0 Å². The molecule has 0 spiro atoms. The van der Waals surface area contributed by atoms with Crippen molar-refractivity contribution in [1.29, 1.82) is 0 Å². The predicted molar refractivity (Wildman–Crippen MR) is 125 cm³/mol. The molecular weight excluding hydrogens is 384 g/mol. The molecule has 3 aromatic rings. The summed E-state index contributed by atoms with van der Waals surface area (Å²) in [5, 5.41) is 10.9. The van der Waals surface area contributed by atoms with Crippen molar-refractivity contribution in [3.05, 3.63) is 47.5 Å². The Morgan fingerprint density at radius 2 is 1.17 bits per heavy atom. The minimum absolute atomic E-state index is 0.271. The Labute approximate surface area is 173 Å². The van der Waals surface area contributed by atoms with Gasteiger partial charge in [-0.3, -0.25) is 9.98 Å². The number of benzene rings is 2. The Hall–Kier alpha value is -3.46. The Morgan fingerprint density at radius 1 is 0.759 bits per heavy atom. The summed E-state index contributed by atoms with van der Waals surface area (Å²) < 4.78 is 2.43. The largest absolute Gasteiger partial charge is 0.369 e. The first-order valence-electron chi connectivity index (χ1n) is 8.95. The third kappa shape index (κ3) is 4.52. The molecule has 0 aliphatic heterocycles. The van der Waals surface area contributed by atoms with Crippen LogP contribution in [0.3, 0.4) is 0 Å². The second-order valence-corrected chi connectivity index (χ2v) is 7.44. The SMILES string of the molecule is CN=C(N)N/N=C(/C)c1ccc2sc3ccc(/C(C)=N/NC(N)=NC)cc3c2c1. The van der Waals surface area contributed by atoms with Gasteiger partial charge in [-0.25, -0.2) is 10.9 Å². The molecule has 0 saturated heterocycles. The van der Waals surface area contributed by atoms with Crippen LogP contribution in [0, 0.1) is 0 Å². The second kappa shape index (κ2) is 8.70. The zero-order valence-electron chi connectivity index (χ0n) is 16.8. The third-order valence-corrected chi connectivity index (χ3v) is 5.61. The van der Waals surface area contributed by atoms with Gasteiger partial charge in [0.05, 0.1) is 11.4 Å². The number of hydrogen-bond acceptors (Lipinski definition) is 5. The molecule has 150 valence electrons. The fraction of sp³-hybridized carbons (Fsp3) is 0.200. The molecule has 1 aromatic heterocycles. The maximum atomic E-state index is 5.65. The maximum Gasteiger partial charge on any atom is 0.209 e. The van der Waals surface area contributed by atoms with Crippen LogP contribution in [-0.4, -0.2) is 37.4 Å². The van der Waals surface area contributed by atoms with Gasteiger partial charge in [-0.15, -0.1) is 11.3 Å². The van der Waals surface area contributed by atoms with E-state index in [0.29, 0.717) is 0 Å². The maximum absolute atomic E-state index is 5.65.